The van der Waals surface area contributed by atoms with E-state index >= 15 is 0 Å². The van der Waals surface area contributed by atoms with Crippen molar-refractivity contribution in [1.29, 1.82) is 0 Å². The minimum atomic E-state index is -0.222. The fourth-order valence-electron chi connectivity index (χ4n) is 2.00. The van der Waals surface area contributed by atoms with Gasteiger partial charge in [-0.05, 0) is 20.8 Å². The molecule has 1 aliphatic rings. The molecular weight excluding hydrogens is 208 g/mol. The molecule has 0 saturated carbocycles. The number of carbonyl (C=O) groups excluding carboxylic acids is 1. The van der Waals surface area contributed by atoms with Gasteiger partial charge in [0.1, 0.15) is 28.9 Å². The van der Waals surface area contributed by atoms with Crippen LogP contribution in [-0.4, -0.2) is 22.1 Å². The van der Waals surface area contributed by atoms with Gasteiger partial charge in [0.15, 0.2) is 5.78 Å². The number of carbonyl (C=O) groups is 1. The third kappa shape index (κ3) is 1.33. The number of Topliss-reactive ketones (excluding diaryl/α,β-unsaturated/α-hetero) is 1. The zero-order chi connectivity index (χ0) is 12.0. The molecule has 1 heterocycles. The summed E-state index contributed by atoms with van der Waals surface area (Å²) in [6.07, 6.45) is 0.0322. The molecule has 86 valence electrons. The van der Waals surface area contributed by atoms with Crippen molar-refractivity contribution in [2.75, 3.05) is 0 Å². The van der Waals surface area contributed by atoms with Gasteiger partial charge in [-0.1, -0.05) is 0 Å². The Morgan fingerprint density at radius 1 is 1.19 bits per heavy atom. The highest BCUT2D eigenvalue weighted by Gasteiger charge is 2.31. The number of benzene rings is 1. The number of fused-ring (bicyclic) bond motifs is 1. The lowest BCUT2D eigenvalue weighted by Gasteiger charge is -2.25. The van der Waals surface area contributed by atoms with E-state index < -0.39 is 0 Å². The lowest BCUT2D eigenvalue weighted by molar-refractivity contribution is 0.0864. The van der Waals surface area contributed by atoms with Crippen LogP contribution in [0.5, 0.6) is 17.2 Å². The van der Waals surface area contributed by atoms with Gasteiger partial charge in [-0.15, -0.1) is 0 Å². The molecule has 0 spiro atoms. The van der Waals surface area contributed by atoms with Gasteiger partial charge in [0.25, 0.3) is 0 Å². The van der Waals surface area contributed by atoms with Gasteiger partial charge in [0, 0.05) is 17.5 Å². The Hall–Kier alpha value is -1.71. The van der Waals surface area contributed by atoms with Crippen molar-refractivity contribution >= 4 is 5.78 Å². The highest BCUT2D eigenvalue weighted by Crippen LogP contribution is 2.44. The van der Waals surface area contributed by atoms with Crippen LogP contribution in [-0.2, 0) is 0 Å². The van der Waals surface area contributed by atoms with Crippen LogP contribution >= 0.6 is 0 Å². The SMILES string of the molecule is Cc1c(O)c(C)c2c(c1O)C(=O)CC(C)O2. The second-order valence-electron chi connectivity index (χ2n) is 4.21. The number of hydrogen-bond acceptors (Lipinski definition) is 4. The number of rotatable bonds is 0. The topological polar surface area (TPSA) is 66.8 Å². The molecule has 16 heavy (non-hydrogen) atoms. The van der Waals surface area contributed by atoms with E-state index in [-0.39, 0.29) is 35.4 Å². The first-order valence-corrected chi connectivity index (χ1v) is 5.18. The van der Waals surface area contributed by atoms with Crippen molar-refractivity contribution in [3.63, 3.8) is 0 Å². The van der Waals surface area contributed by atoms with E-state index in [4.69, 9.17) is 4.74 Å². The zero-order valence-electron chi connectivity index (χ0n) is 9.50. The average molecular weight is 222 g/mol. The molecule has 1 atom stereocenters. The Morgan fingerprint density at radius 2 is 1.81 bits per heavy atom. The molecule has 1 aliphatic heterocycles. The Bertz CT molecular complexity index is 477. The van der Waals surface area contributed by atoms with Crippen LogP contribution in [0.3, 0.4) is 0 Å². The van der Waals surface area contributed by atoms with E-state index in [0.717, 1.165) is 0 Å². The Labute approximate surface area is 93.5 Å². The fourth-order valence-corrected chi connectivity index (χ4v) is 2.00. The molecule has 1 aromatic carbocycles. The lowest BCUT2D eigenvalue weighted by atomic mass is 9.94. The van der Waals surface area contributed by atoms with Gasteiger partial charge >= 0.3 is 0 Å². The second kappa shape index (κ2) is 3.40. The minimum Gasteiger partial charge on any atom is -0.507 e. The second-order valence-corrected chi connectivity index (χ2v) is 4.21. The fraction of sp³-hybridized carbons (Fsp3) is 0.417. The minimum absolute atomic E-state index is 0.0156. The van der Waals surface area contributed by atoms with Gasteiger partial charge in [-0.2, -0.15) is 0 Å². The first kappa shape index (κ1) is 10.8. The van der Waals surface area contributed by atoms with Crippen molar-refractivity contribution in [3.8, 4) is 17.2 Å². The van der Waals surface area contributed by atoms with E-state index in [1.807, 2.05) is 0 Å². The van der Waals surface area contributed by atoms with Crippen LogP contribution in [0.4, 0.5) is 0 Å². The molecule has 0 bridgehead atoms. The summed E-state index contributed by atoms with van der Waals surface area (Å²) in [5.41, 5.74) is 1.03. The Morgan fingerprint density at radius 3 is 2.44 bits per heavy atom. The molecule has 1 unspecified atom stereocenters. The maximum atomic E-state index is 11.8. The molecule has 0 radical (unpaired) electrons. The van der Waals surface area contributed by atoms with Crippen molar-refractivity contribution < 1.29 is 19.7 Å². The van der Waals surface area contributed by atoms with Gasteiger partial charge < -0.3 is 14.9 Å². The van der Waals surface area contributed by atoms with Gasteiger partial charge in [0.2, 0.25) is 0 Å². The molecule has 4 nitrogen and oxygen atoms in total. The van der Waals surface area contributed by atoms with Crippen molar-refractivity contribution in [2.24, 2.45) is 0 Å². The van der Waals surface area contributed by atoms with Gasteiger partial charge in [-0.25, -0.2) is 0 Å². The van der Waals surface area contributed by atoms with Crippen LogP contribution in [0.25, 0.3) is 0 Å². The molecule has 2 rings (SSSR count). The van der Waals surface area contributed by atoms with Crippen LogP contribution in [0.2, 0.25) is 0 Å². The third-order valence-electron chi connectivity index (χ3n) is 2.94. The summed E-state index contributed by atoms with van der Waals surface area (Å²) in [6.45, 7) is 5.03. The van der Waals surface area contributed by atoms with E-state index in [1.54, 1.807) is 20.8 Å². The maximum Gasteiger partial charge on any atom is 0.174 e. The van der Waals surface area contributed by atoms with E-state index in [9.17, 15) is 15.0 Å². The van der Waals surface area contributed by atoms with E-state index in [2.05, 4.69) is 0 Å². The van der Waals surface area contributed by atoms with Crippen LogP contribution in [0, 0.1) is 13.8 Å². The lowest BCUT2D eigenvalue weighted by Crippen LogP contribution is -2.25. The van der Waals surface area contributed by atoms with Crippen molar-refractivity contribution in [1.82, 2.24) is 0 Å². The molecular formula is C12H14O4. The summed E-state index contributed by atoms with van der Waals surface area (Å²) < 4.78 is 5.51. The highest BCUT2D eigenvalue weighted by molar-refractivity contribution is 6.03. The number of ketones is 1. The van der Waals surface area contributed by atoms with Crippen molar-refractivity contribution in [2.45, 2.75) is 33.3 Å². The monoisotopic (exact) mass is 222 g/mol. The summed E-state index contributed by atoms with van der Waals surface area (Å²) in [6, 6.07) is 0. The molecule has 4 heteroatoms. The van der Waals surface area contributed by atoms with Crippen molar-refractivity contribution in [3.05, 3.63) is 16.7 Å². The number of aromatic hydroxyl groups is 2. The largest absolute Gasteiger partial charge is 0.507 e. The molecule has 0 saturated heterocycles. The standard InChI is InChI=1S/C12H14O4/c1-5-4-8(13)9-11(15)6(2)10(14)7(3)12(9)16-5/h5,14-15H,4H2,1-3H3. The average Bonchev–Trinajstić information content (AvgIpc) is 2.22. The molecule has 2 N–H and O–H groups in total. The van der Waals surface area contributed by atoms with Crippen LogP contribution < -0.4 is 4.74 Å². The van der Waals surface area contributed by atoms with Gasteiger partial charge in [-0.3, -0.25) is 4.79 Å². The molecule has 0 aliphatic carbocycles. The summed E-state index contributed by atoms with van der Waals surface area (Å²) >= 11 is 0. The predicted molar refractivity (Wildman–Crippen MR) is 58.3 cm³/mol. The van der Waals surface area contributed by atoms with Gasteiger partial charge in [0.05, 0.1) is 0 Å². The quantitative estimate of drug-likeness (QED) is 0.705. The van der Waals surface area contributed by atoms with Crippen LogP contribution in [0.15, 0.2) is 0 Å². The molecule has 1 aromatic rings. The summed E-state index contributed by atoms with van der Waals surface area (Å²) in [5.74, 6) is -0.0186. The van der Waals surface area contributed by atoms with Crippen LogP contribution in [0.1, 0.15) is 34.8 Å². The predicted octanol–water partition coefficient (Wildman–Crippen LogP) is 2.07. The number of ether oxygens (including phenoxy) is 1. The smallest absolute Gasteiger partial charge is 0.174 e. The van der Waals surface area contributed by atoms with E-state index in [1.165, 1.54) is 0 Å². The summed E-state index contributed by atoms with van der Waals surface area (Å²) in [4.78, 5) is 11.8. The molecule has 0 aromatic heterocycles. The van der Waals surface area contributed by atoms with E-state index in [0.29, 0.717) is 16.9 Å². The summed E-state index contributed by atoms with van der Waals surface area (Å²) in [5, 5.41) is 19.6. The Balaban J connectivity index is 2.76. The highest BCUT2D eigenvalue weighted by atomic mass is 16.5. The first-order valence-electron chi connectivity index (χ1n) is 5.18. The number of phenolic OH excluding ortho intramolecular Hbond substituents is 2. The number of hydrogen-bond donors (Lipinski definition) is 2. The number of phenols is 2. The molecule has 0 fully saturated rings. The third-order valence-corrected chi connectivity index (χ3v) is 2.94. The maximum absolute atomic E-state index is 11.8. The zero-order valence-corrected chi connectivity index (χ0v) is 9.50. The normalized spacial score (nSPS) is 19.2. The Kier molecular flexibility index (Phi) is 2.30. The summed E-state index contributed by atoms with van der Waals surface area (Å²) in [7, 11) is 0. The first-order chi connectivity index (χ1) is 7.43. The molecule has 0 amide bonds.